The van der Waals surface area contributed by atoms with E-state index in [0.717, 1.165) is 11.1 Å². The first-order chi connectivity index (χ1) is 7.88. The minimum atomic E-state index is -4.35. The Bertz CT molecular complexity index is 388. The third-order valence-corrected chi connectivity index (χ3v) is 2.37. The highest BCUT2D eigenvalue weighted by Gasteiger charge is 2.27. The SMILES string of the molecule is Cc1ccccc1CCC(=O)NCC(F)(F)F. The maximum absolute atomic E-state index is 11.8. The molecule has 0 aliphatic heterocycles. The third-order valence-electron chi connectivity index (χ3n) is 2.37. The summed E-state index contributed by atoms with van der Waals surface area (Å²) in [5, 5.41) is 1.85. The topological polar surface area (TPSA) is 29.1 Å². The molecule has 94 valence electrons. The minimum Gasteiger partial charge on any atom is -0.347 e. The number of rotatable bonds is 4. The maximum Gasteiger partial charge on any atom is 0.405 e. The molecule has 0 radical (unpaired) electrons. The van der Waals surface area contributed by atoms with Gasteiger partial charge in [0.25, 0.3) is 0 Å². The zero-order valence-corrected chi connectivity index (χ0v) is 9.47. The fraction of sp³-hybridized carbons (Fsp3) is 0.417. The highest BCUT2D eigenvalue weighted by Crippen LogP contribution is 2.13. The van der Waals surface area contributed by atoms with Crippen molar-refractivity contribution in [2.75, 3.05) is 6.54 Å². The van der Waals surface area contributed by atoms with Crippen molar-refractivity contribution >= 4 is 5.91 Å². The smallest absolute Gasteiger partial charge is 0.347 e. The molecule has 0 unspecified atom stereocenters. The average molecular weight is 245 g/mol. The van der Waals surface area contributed by atoms with Gasteiger partial charge in [0, 0.05) is 6.42 Å². The summed E-state index contributed by atoms with van der Waals surface area (Å²) in [6, 6.07) is 7.49. The Balaban J connectivity index is 2.36. The molecular weight excluding hydrogens is 231 g/mol. The van der Waals surface area contributed by atoms with Crippen molar-refractivity contribution in [1.82, 2.24) is 5.32 Å². The highest BCUT2D eigenvalue weighted by molar-refractivity contribution is 5.76. The van der Waals surface area contributed by atoms with Crippen LogP contribution in [0.2, 0.25) is 0 Å². The second kappa shape index (κ2) is 5.70. The van der Waals surface area contributed by atoms with Gasteiger partial charge in [-0.1, -0.05) is 24.3 Å². The zero-order chi connectivity index (χ0) is 12.9. The van der Waals surface area contributed by atoms with E-state index < -0.39 is 18.6 Å². The Morgan fingerprint density at radius 2 is 1.94 bits per heavy atom. The molecule has 2 nitrogen and oxygen atoms in total. The Kier molecular flexibility index (Phi) is 4.54. The van der Waals surface area contributed by atoms with Crippen molar-refractivity contribution < 1.29 is 18.0 Å². The zero-order valence-electron chi connectivity index (χ0n) is 9.47. The van der Waals surface area contributed by atoms with E-state index in [1.807, 2.05) is 36.5 Å². The number of amides is 1. The van der Waals surface area contributed by atoms with Gasteiger partial charge >= 0.3 is 6.18 Å². The lowest BCUT2D eigenvalue weighted by Crippen LogP contribution is -2.33. The number of alkyl halides is 3. The van der Waals surface area contributed by atoms with Crippen molar-refractivity contribution in [3.63, 3.8) is 0 Å². The number of carbonyl (C=O) groups is 1. The summed E-state index contributed by atoms with van der Waals surface area (Å²) >= 11 is 0. The number of nitrogens with one attached hydrogen (secondary N) is 1. The summed E-state index contributed by atoms with van der Waals surface area (Å²) < 4.78 is 35.5. The van der Waals surface area contributed by atoms with Crippen LogP contribution < -0.4 is 5.32 Å². The van der Waals surface area contributed by atoms with Crippen LogP contribution in [-0.2, 0) is 11.2 Å². The summed E-state index contributed by atoms with van der Waals surface area (Å²) in [6.45, 7) is 0.641. The fourth-order valence-electron chi connectivity index (χ4n) is 1.43. The molecule has 0 aliphatic rings. The van der Waals surface area contributed by atoms with Crippen LogP contribution in [0.4, 0.5) is 13.2 Å². The van der Waals surface area contributed by atoms with Crippen molar-refractivity contribution in [1.29, 1.82) is 0 Å². The highest BCUT2D eigenvalue weighted by atomic mass is 19.4. The molecule has 5 heteroatoms. The lowest BCUT2D eigenvalue weighted by molar-refractivity contribution is -0.138. The summed E-state index contributed by atoms with van der Waals surface area (Å²) in [5.74, 6) is -0.578. The Hall–Kier alpha value is -1.52. The average Bonchev–Trinajstić information content (AvgIpc) is 2.24. The van der Waals surface area contributed by atoms with Gasteiger partial charge in [-0.15, -0.1) is 0 Å². The van der Waals surface area contributed by atoms with Gasteiger partial charge in [0.15, 0.2) is 0 Å². The van der Waals surface area contributed by atoms with Gasteiger partial charge in [-0.05, 0) is 24.5 Å². The van der Waals surface area contributed by atoms with Crippen LogP contribution in [0.1, 0.15) is 17.5 Å². The van der Waals surface area contributed by atoms with Gasteiger partial charge in [-0.25, -0.2) is 0 Å². The lowest BCUT2D eigenvalue weighted by atomic mass is 10.0. The third kappa shape index (κ3) is 5.38. The van der Waals surface area contributed by atoms with E-state index in [-0.39, 0.29) is 6.42 Å². The molecule has 0 fully saturated rings. The predicted octanol–water partition coefficient (Wildman–Crippen LogP) is 2.61. The van der Waals surface area contributed by atoms with Crippen molar-refractivity contribution in [2.24, 2.45) is 0 Å². The molecule has 1 aromatic rings. The van der Waals surface area contributed by atoms with Gasteiger partial charge in [0.1, 0.15) is 6.54 Å². The van der Waals surface area contributed by atoms with Gasteiger partial charge in [0.2, 0.25) is 5.91 Å². The largest absolute Gasteiger partial charge is 0.405 e. The Labute approximate surface area is 97.8 Å². The molecule has 0 saturated carbocycles. The van der Waals surface area contributed by atoms with E-state index in [1.165, 1.54) is 0 Å². The Morgan fingerprint density at radius 3 is 2.53 bits per heavy atom. The van der Waals surface area contributed by atoms with Crippen molar-refractivity contribution in [3.05, 3.63) is 35.4 Å². The summed E-state index contributed by atoms with van der Waals surface area (Å²) in [6.07, 6.45) is -3.82. The first-order valence-corrected chi connectivity index (χ1v) is 5.26. The van der Waals surface area contributed by atoms with Crippen molar-refractivity contribution in [2.45, 2.75) is 25.9 Å². The Morgan fingerprint density at radius 1 is 1.29 bits per heavy atom. The second-order valence-corrected chi connectivity index (χ2v) is 3.82. The molecule has 0 aromatic heterocycles. The molecular formula is C12H14F3NO. The van der Waals surface area contributed by atoms with Crippen LogP contribution in [0.3, 0.4) is 0 Å². The molecule has 0 saturated heterocycles. The number of benzene rings is 1. The van der Waals surface area contributed by atoms with Crippen LogP contribution in [0.25, 0.3) is 0 Å². The van der Waals surface area contributed by atoms with Gasteiger partial charge in [0.05, 0.1) is 0 Å². The first kappa shape index (κ1) is 13.5. The number of carbonyl (C=O) groups excluding carboxylic acids is 1. The van der Waals surface area contributed by atoms with E-state index in [0.29, 0.717) is 6.42 Å². The molecule has 0 spiro atoms. The predicted molar refractivity (Wildman–Crippen MR) is 58.6 cm³/mol. The second-order valence-electron chi connectivity index (χ2n) is 3.82. The van der Waals surface area contributed by atoms with Gasteiger partial charge < -0.3 is 5.32 Å². The quantitative estimate of drug-likeness (QED) is 0.868. The van der Waals surface area contributed by atoms with Gasteiger partial charge in [-0.3, -0.25) is 4.79 Å². The van der Waals surface area contributed by atoms with E-state index in [2.05, 4.69) is 0 Å². The number of halogens is 3. The van der Waals surface area contributed by atoms with Crippen LogP contribution in [0.5, 0.6) is 0 Å². The molecule has 1 rings (SSSR count). The summed E-state index contributed by atoms with van der Waals surface area (Å²) in [7, 11) is 0. The van der Waals surface area contributed by atoms with E-state index in [9.17, 15) is 18.0 Å². The van der Waals surface area contributed by atoms with Crippen molar-refractivity contribution in [3.8, 4) is 0 Å². The van der Waals surface area contributed by atoms with Crippen LogP contribution in [0.15, 0.2) is 24.3 Å². The molecule has 1 amide bonds. The monoisotopic (exact) mass is 245 g/mol. The number of aryl methyl sites for hydroxylation is 2. The lowest BCUT2D eigenvalue weighted by Gasteiger charge is -2.09. The van der Waals surface area contributed by atoms with Crippen LogP contribution in [-0.4, -0.2) is 18.6 Å². The molecule has 0 atom stereocenters. The molecule has 0 aliphatic carbocycles. The normalized spacial score (nSPS) is 11.3. The van der Waals surface area contributed by atoms with E-state index >= 15 is 0 Å². The molecule has 0 bridgehead atoms. The first-order valence-electron chi connectivity index (χ1n) is 5.26. The fourth-order valence-corrected chi connectivity index (χ4v) is 1.43. The minimum absolute atomic E-state index is 0.0704. The molecule has 1 aromatic carbocycles. The summed E-state index contributed by atoms with van der Waals surface area (Å²) in [4.78, 5) is 11.2. The number of hydrogen-bond donors (Lipinski definition) is 1. The van der Waals surface area contributed by atoms with Gasteiger partial charge in [-0.2, -0.15) is 13.2 Å². The standard InChI is InChI=1S/C12H14F3NO/c1-9-4-2-3-5-10(9)6-7-11(17)16-8-12(13,14)15/h2-5H,6-8H2,1H3,(H,16,17). The summed E-state index contributed by atoms with van der Waals surface area (Å²) in [5.41, 5.74) is 2.02. The maximum atomic E-state index is 11.8. The van der Waals surface area contributed by atoms with E-state index in [1.54, 1.807) is 0 Å². The van der Waals surface area contributed by atoms with E-state index in [4.69, 9.17) is 0 Å². The molecule has 17 heavy (non-hydrogen) atoms. The number of hydrogen-bond acceptors (Lipinski definition) is 1. The van der Waals surface area contributed by atoms with Crippen LogP contribution in [0, 0.1) is 6.92 Å². The van der Waals surface area contributed by atoms with Crippen LogP contribution >= 0.6 is 0 Å². The molecule has 0 heterocycles. The molecule has 1 N–H and O–H groups in total.